The molecule has 28 aromatic rings. The fourth-order valence-electron chi connectivity index (χ4n) is 22.3. The molecule has 0 aliphatic heterocycles. The summed E-state index contributed by atoms with van der Waals surface area (Å²) in [6.07, 6.45) is 0. The maximum atomic E-state index is 5.50. The normalized spacial score (nSPS) is 11.6. The predicted molar refractivity (Wildman–Crippen MR) is 617 cm³/mol. The molecule has 148 heavy (non-hydrogen) atoms. The molecule has 8 heteroatoms. The fraction of sp³-hybridized carbons (Fsp3) is 0. The van der Waals surface area contributed by atoms with Gasteiger partial charge in [0.1, 0.15) is 0 Å². The average molecular weight is 1880 g/mol. The highest BCUT2D eigenvalue weighted by Crippen LogP contribution is 2.47. The van der Waals surface area contributed by atoms with Crippen molar-refractivity contribution in [3.8, 4) is 191 Å². The lowest BCUT2D eigenvalue weighted by Gasteiger charge is -2.14. The van der Waals surface area contributed by atoms with Gasteiger partial charge in [-0.25, -0.2) is 19.9 Å². The molecule has 0 unspecified atom stereocenters. The molecule has 0 fully saturated rings. The predicted octanol–water partition coefficient (Wildman–Crippen LogP) is 36.7. The first kappa shape index (κ1) is 86.1. The van der Waals surface area contributed by atoms with Crippen LogP contribution in [0.3, 0.4) is 0 Å². The summed E-state index contributed by atoms with van der Waals surface area (Å²) >= 11 is 0. The summed E-state index contributed by atoms with van der Waals surface area (Å²) in [5.41, 5.74) is 45.0. The van der Waals surface area contributed by atoms with Crippen LogP contribution in [0.2, 0.25) is 0 Å². The van der Waals surface area contributed by atoms with Crippen LogP contribution in [0.1, 0.15) is 0 Å². The number of fused-ring (bicyclic) bond motifs is 12. The molecular weight excluding hydrogens is 1790 g/mol. The van der Waals surface area contributed by atoms with Crippen LogP contribution in [0.4, 0.5) is 0 Å². The van der Waals surface area contributed by atoms with Crippen LogP contribution in [0.15, 0.2) is 546 Å². The molecule has 8 heterocycles. The van der Waals surface area contributed by atoms with Gasteiger partial charge in [-0.15, -0.1) is 0 Å². The van der Waals surface area contributed by atoms with Crippen LogP contribution in [-0.4, -0.2) is 38.2 Å². The standard InChI is InChI=1S/C140H90N8/c1-7-30-94(31-8-1)125-83-109(84-126(141-125)95-32-9-2-10-33-95)92-60-68-113(69-61-92)145-133-52-23-19-48-117(133)121-79-104(64-72-137(121)145)105-65-73-138-122(80-105)118-49-20-24-53-134(118)146(138)114-70-62-93(63-71-114)110-85-127(96-34-11-3-12-35-96)143-131(86-110)100-58-56-91(57-59-100)101-42-27-45-108(76-101)132-90-112(89-130(144-132)99-40-17-6-18-41-99)103-44-29-47-116(78-103)148-136-55-26-22-51-120(136)124-82-107(67-75-140(124)148)106-66-74-139-123(81-106)119-50-21-25-54-135(119)147(139)115-46-28-43-102(77-115)111-87-128(97-36-13-4-14-37-97)142-129(88-111)98-38-15-5-16-39-98/h1-90H. The Morgan fingerprint density at radius 1 is 0.0946 bits per heavy atom. The maximum Gasteiger partial charge on any atom is 0.0715 e. The summed E-state index contributed by atoms with van der Waals surface area (Å²) in [6.45, 7) is 0. The first-order valence-electron chi connectivity index (χ1n) is 50.5. The zero-order valence-electron chi connectivity index (χ0n) is 80.5. The zero-order valence-corrected chi connectivity index (χ0v) is 80.5. The largest absolute Gasteiger partial charge is 0.309 e. The molecule has 28 rings (SSSR count). The molecule has 0 spiro atoms. The minimum absolute atomic E-state index is 0.884. The van der Waals surface area contributed by atoms with Crippen LogP contribution < -0.4 is 0 Å². The van der Waals surface area contributed by atoms with E-state index in [1.807, 2.05) is 0 Å². The van der Waals surface area contributed by atoms with Gasteiger partial charge >= 0.3 is 0 Å². The summed E-state index contributed by atoms with van der Waals surface area (Å²) < 4.78 is 9.67. The Morgan fingerprint density at radius 3 is 0.568 bits per heavy atom. The summed E-state index contributed by atoms with van der Waals surface area (Å²) in [5.74, 6) is 0. The molecule has 0 saturated carbocycles. The smallest absolute Gasteiger partial charge is 0.0715 e. The van der Waals surface area contributed by atoms with Gasteiger partial charge in [0.15, 0.2) is 0 Å². The van der Waals surface area contributed by atoms with Crippen molar-refractivity contribution in [1.82, 2.24) is 38.2 Å². The van der Waals surface area contributed by atoms with E-state index >= 15 is 0 Å². The number of nitrogens with zero attached hydrogens (tertiary/aromatic N) is 8. The van der Waals surface area contributed by atoms with E-state index in [0.29, 0.717) is 0 Å². The van der Waals surface area contributed by atoms with Gasteiger partial charge in [0.2, 0.25) is 0 Å². The summed E-state index contributed by atoms with van der Waals surface area (Å²) in [7, 11) is 0. The van der Waals surface area contributed by atoms with E-state index in [1.165, 1.54) is 43.1 Å². The molecule has 8 nitrogen and oxygen atoms in total. The molecule has 0 amide bonds. The van der Waals surface area contributed by atoms with Gasteiger partial charge in [-0.05, 0) is 254 Å². The van der Waals surface area contributed by atoms with Crippen molar-refractivity contribution < 1.29 is 0 Å². The topological polar surface area (TPSA) is 71.3 Å². The summed E-state index contributed by atoms with van der Waals surface area (Å²) in [4.78, 5) is 21.3. The van der Waals surface area contributed by atoms with Gasteiger partial charge in [0.25, 0.3) is 0 Å². The van der Waals surface area contributed by atoms with E-state index in [-0.39, 0.29) is 0 Å². The number of aromatic nitrogens is 8. The molecule has 0 aliphatic rings. The van der Waals surface area contributed by atoms with Crippen LogP contribution in [0.25, 0.3) is 278 Å². The molecule has 0 radical (unpaired) electrons. The van der Waals surface area contributed by atoms with Crippen molar-refractivity contribution in [3.05, 3.63) is 546 Å². The molecule has 690 valence electrons. The Bertz CT molecular complexity index is 9930. The average Bonchev–Trinajstić information content (AvgIpc) is 1.59. The molecule has 0 aliphatic carbocycles. The first-order chi connectivity index (χ1) is 73.3. The number of hydrogen-bond donors (Lipinski definition) is 0. The van der Waals surface area contributed by atoms with Crippen LogP contribution >= 0.6 is 0 Å². The van der Waals surface area contributed by atoms with Gasteiger partial charge in [0.05, 0.1) is 89.7 Å². The number of rotatable bonds is 19. The minimum Gasteiger partial charge on any atom is -0.309 e. The summed E-state index contributed by atoms with van der Waals surface area (Å²) in [6, 6.07) is 198. The van der Waals surface area contributed by atoms with E-state index in [1.54, 1.807) is 0 Å². The summed E-state index contributed by atoms with van der Waals surface area (Å²) in [5, 5.41) is 9.59. The maximum absolute atomic E-state index is 5.50. The van der Waals surface area contributed by atoms with Crippen molar-refractivity contribution in [1.29, 1.82) is 0 Å². The third kappa shape index (κ3) is 15.6. The molecule has 0 bridgehead atoms. The van der Waals surface area contributed by atoms with Crippen LogP contribution in [0, 0.1) is 0 Å². The molecule has 0 N–H and O–H groups in total. The number of hydrogen-bond acceptors (Lipinski definition) is 4. The highest BCUT2D eigenvalue weighted by atomic mass is 15.0. The molecular formula is C140H90N8. The SMILES string of the molecule is c1ccc(-c2cc(-c3ccc(-n4c5ccccc5c5cc(-c6ccc7c(c6)c6ccccc6n7-c6ccc(-c7cc(-c8ccccc8)nc(-c8ccc(-c9cccc(-c%10cc(-c%11cccc(-n%12c%13ccccc%13c%13cc(-c%14ccc%15c(c%14)c%14ccccc%14n%15-c%14cccc(-c%15cc(-c%16ccccc%16)nc(-c%16ccccc%16)c%15)c%14)ccc%13%12)c%11)cc(-c%11ccccc%11)n%10)c9)cc8)c7)cc6)ccc54)cc3)cc(-c3ccccc3)n2)cc1. The van der Waals surface area contributed by atoms with Gasteiger partial charge in [-0.1, -0.05) is 370 Å². The molecule has 0 saturated heterocycles. The minimum atomic E-state index is 0.884. The number of benzene rings is 20. The van der Waals surface area contributed by atoms with Crippen molar-refractivity contribution in [2.45, 2.75) is 0 Å². The Balaban J connectivity index is 0.457. The molecule has 20 aromatic carbocycles. The number of para-hydroxylation sites is 4. The third-order valence-electron chi connectivity index (χ3n) is 29.5. The lowest BCUT2D eigenvalue weighted by Crippen LogP contribution is -1.96. The zero-order chi connectivity index (χ0) is 97.6. The Morgan fingerprint density at radius 2 is 0.277 bits per heavy atom. The van der Waals surface area contributed by atoms with Gasteiger partial charge in [-0.3, -0.25) is 0 Å². The van der Waals surface area contributed by atoms with E-state index in [0.717, 1.165) is 235 Å². The van der Waals surface area contributed by atoms with Gasteiger partial charge in [0, 0.05) is 110 Å². The van der Waals surface area contributed by atoms with Crippen molar-refractivity contribution >= 4 is 87.2 Å². The molecule has 8 aromatic heterocycles. The second-order valence-corrected chi connectivity index (χ2v) is 38.4. The number of pyridine rings is 4. The van der Waals surface area contributed by atoms with E-state index in [4.69, 9.17) is 19.9 Å². The highest BCUT2D eigenvalue weighted by molar-refractivity contribution is 6.16. The monoisotopic (exact) mass is 1880 g/mol. The van der Waals surface area contributed by atoms with Crippen molar-refractivity contribution in [2.24, 2.45) is 0 Å². The van der Waals surface area contributed by atoms with Crippen LogP contribution in [-0.2, 0) is 0 Å². The van der Waals surface area contributed by atoms with E-state index in [2.05, 4.69) is 564 Å². The third-order valence-corrected chi connectivity index (χ3v) is 29.5. The Hall–Kier alpha value is -19.8. The fourth-order valence-corrected chi connectivity index (χ4v) is 22.3. The van der Waals surface area contributed by atoms with E-state index < -0.39 is 0 Å². The van der Waals surface area contributed by atoms with Gasteiger partial charge < -0.3 is 18.3 Å². The highest BCUT2D eigenvalue weighted by Gasteiger charge is 2.25. The lowest BCUT2D eigenvalue weighted by atomic mass is 9.96. The Kier molecular flexibility index (Phi) is 21.1. The Labute approximate surface area is 856 Å². The first-order valence-corrected chi connectivity index (χ1v) is 50.5. The molecule has 0 atom stereocenters. The van der Waals surface area contributed by atoms with Crippen molar-refractivity contribution in [2.75, 3.05) is 0 Å². The van der Waals surface area contributed by atoms with Gasteiger partial charge in [-0.2, -0.15) is 0 Å². The quantitative estimate of drug-likeness (QED) is 0.0809. The lowest BCUT2D eigenvalue weighted by molar-refractivity contribution is 1.18. The van der Waals surface area contributed by atoms with E-state index in [9.17, 15) is 0 Å². The second-order valence-electron chi connectivity index (χ2n) is 38.4. The van der Waals surface area contributed by atoms with Crippen LogP contribution in [0.5, 0.6) is 0 Å². The second kappa shape index (κ2) is 36.3. The van der Waals surface area contributed by atoms with Crippen molar-refractivity contribution in [3.63, 3.8) is 0 Å².